The maximum absolute atomic E-state index is 6.30. The van der Waals surface area contributed by atoms with Crippen molar-refractivity contribution < 1.29 is 0 Å². The monoisotopic (exact) mass is 226 g/mol. The summed E-state index contributed by atoms with van der Waals surface area (Å²) in [5, 5.41) is 0. The van der Waals surface area contributed by atoms with Gasteiger partial charge in [0.1, 0.15) is 0 Å². The van der Waals surface area contributed by atoms with E-state index in [-0.39, 0.29) is 6.04 Å². The lowest BCUT2D eigenvalue weighted by Gasteiger charge is -2.20. The fraction of sp³-hybridized carbons (Fsp3) is 0.267. The van der Waals surface area contributed by atoms with Crippen LogP contribution < -0.4 is 5.73 Å². The van der Waals surface area contributed by atoms with Crippen LogP contribution in [0.5, 0.6) is 0 Å². The normalized spacial score (nSPS) is 14.3. The van der Waals surface area contributed by atoms with Crippen LogP contribution >= 0.6 is 0 Å². The number of hydrogen-bond donors (Lipinski definition) is 1. The minimum Gasteiger partial charge on any atom is -0.323 e. The molecule has 0 saturated heterocycles. The third-order valence-corrected chi connectivity index (χ3v) is 3.15. The lowest BCUT2D eigenvalue weighted by molar-refractivity contribution is 0.595. The van der Waals surface area contributed by atoms with Crippen LogP contribution in [0.4, 0.5) is 0 Å². The van der Waals surface area contributed by atoms with E-state index in [4.69, 9.17) is 5.73 Å². The number of pyridine rings is 1. The van der Waals surface area contributed by atoms with Gasteiger partial charge in [-0.1, -0.05) is 43.3 Å². The quantitative estimate of drug-likeness (QED) is 0.873. The molecular formula is C15H18N2. The van der Waals surface area contributed by atoms with Crippen molar-refractivity contribution in [3.05, 3.63) is 65.5 Å². The SMILES string of the molecule is Cc1cncc(C(N)C(C)c2ccccc2)c1. The summed E-state index contributed by atoms with van der Waals surface area (Å²) >= 11 is 0. The van der Waals surface area contributed by atoms with Gasteiger partial charge in [-0.2, -0.15) is 0 Å². The van der Waals surface area contributed by atoms with Crippen LogP contribution in [-0.2, 0) is 0 Å². The molecule has 1 aromatic carbocycles. The summed E-state index contributed by atoms with van der Waals surface area (Å²) in [7, 11) is 0. The van der Waals surface area contributed by atoms with Crippen molar-refractivity contribution in [3.8, 4) is 0 Å². The predicted molar refractivity (Wildman–Crippen MR) is 70.8 cm³/mol. The van der Waals surface area contributed by atoms with E-state index in [1.54, 1.807) is 0 Å². The summed E-state index contributed by atoms with van der Waals surface area (Å²) < 4.78 is 0. The van der Waals surface area contributed by atoms with E-state index in [0.717, 1.165) is 11.1 Å². The molecule has 1 heterocycles. The molecule has 2 N–H and O–H groups in total. The number of nitrogens with two attached hydrogens (primary N) is 1. The van der Waals surface area contributed by atoms with Gasteiger partial charge in [-0.15, -0.1) is 0 Å². The molecule has 0 fully saturated rings. The summed E-state index contributed by atoms with van der Waals surface area (Å²) in [6.45, 7) is 4.19. The molecule has 0 aliphatic carbocycles. The van der Waals surface area contributed by atoms with Crippen LogP contribution in [0.25, 0.3) is 0 Å². The summed E-state index contributed by atoms with van der Waals surface area (Å²) in [4.78, 5) is 4.20. The smallest absolute Gasteiger partial charge is 0.0377 e. The third-order valence-electron chi connectivity index (χ3n) is 3.15. The molecule has 88 valence electrons. The molecule has 0 saturated carbocycles. The first-order chi connectivity index (χ1) is 8.18. The molecule has 0 spiro atoms. The first-order valence-electron chi connectivity index (χ1n) is 5.90. The summed E-state index contributed by atoms with van der Waals surface area (Å²) in [6.07, 6.45) is 3.71. The zero-order chi connectivity index (χ0) is 12.3. The molecule has 0 radical (unpaired) electrons. The van der Waals surface area contributed by atoms with Gasteiger partial charge in [-0.25, -0.2) is 0 Å². The Hall–Kier alpha value is -1.67. The van der Waals surface area contributed by atoms with E-state index in [9.17, 15) is 0 Å². The summed E-state index contributed by atoms with van der Waals surface area (Å²) in [5.41, 5.74) is 9.81. The van der Waals surface area contributed by atoms with Crippen LogP contribution in [0.3, 0.4) is 0 Å². The zero-order valence-electron chi connectivity index (χ0n) is 10.3. The number of benzene rings is 1. The van der Waals surface area contributed by atoms with E-state index in [1.165, 1.54) is 5.56 Å². The van der Waals surface area contributed by atoms with Gasteiger partial charge < -0.3 is 5.73 Å². The van der Waals surface area contributed by atoms with Crippen molar-refractivity contribution in [1.29, 1.82) is 0 Å². The third kappa shape index (κ3) is 2.71. The molecule has 2 atom stereocenters. The lowest BCUT2D eigenvalue weighted by atomic mass is 9.89. The number of aromatic nitrogens is 1. The van der Waals surface area contributed by atoms with E-state index in [0.29, 0.717) is 5.92 Å². The predicted octanol–water partition coefficient (Wildman–Crippen LogP) is 3.19. The molecule has 2 aromatic rings. The van der Waals surface area contributed by atoms with E-state index >= 15 is 0 Å². The molecule has 0 aliphatic heterocycles. The Morgan fingerprint density at radius 3 is 2.41 bits per heavy atom. The Labute approximate surface area is 103 Å². The second-order valence-electron chi connectivity index (χ2n) is 4.52. The van der Waals surface area contributed by atoms with Gasteiger partial charge >= 0.3 is 0 Å². The van der Waals surface area contributed by atoms with Gasteiger partial charge in [0.05, 0.1) is 0 Å². The fourth-order valence-electron chi connectivity index (χ4n) is 2.01. The van der Waals surface area contributed by atoms with Gasteiger partial charge in [0, 0.05) is 24.4 Å². The molecule has 2 unspecified atom stereocenters. The van der Waals surface area contributed by atoms with Crippen LogP contribution in [-0.4, -0.2) is 4.98 Å². The van der Waals surface area contributed by atoms with Gasteiger partial charge in [0.15, 0.2) is 0 Å². The standard InChI is InChI=1S/C15H18N2/c1-11-8-14(10-17-9-11)15(16)12(2)13-6-4-3-5-7-13/h3-10,12,15H,16H2,1-2H3. The second kappa shape index (κ2) is 5.11. The fourth-order valence-corrected chi connectivity index (χ4v) is 2.01. The van der Waals surface area contributed by atoms with Gasteiger partial charge in [0.2, 0.25) is 0 Å². The molecule has 17 heavy (non-hydrogen) atoms. The molecule has 0 amide bonds. The number of rotatable bonds is 3. The van der Waals surface area contributed by atoms with E-state index in [1.807, 2.05) is 37.5 Å². The van der Waals surface area contributed by atoms with Crippen molar-refractivity contribution in [2.75, 3.05) is 0 Å². The van der Waals surface area contributed by atoms with E-state index < -0.39 is 0 Å². The Kier molecular flexibility index (Phi) is 3.55. The average molecular weight is 226 g/mol. The Morgan fingerprint density at radius 1 is 1.06 bits per heavy atom. The Morgan fingerprint density at radius 2 is 1.76 bits per heavy atom. The van der Waals surface area contributed by atoms with Crippen molar-refractivity contribution in [3.63, 3.8) is 0 Å². The van der Waals surface area contributed by atoms with Gasteiger partial charge in [0.25, 0.3) is 0 Å². The first-order valence-corrected chi connectivity index (χ1v) is 5.90. The lowest BCUT2D eigenvalue weighted by Crippen LogP contribution is -2.18. The van der Waals surface area contributed by atoms with Crippen molar-refractivity contribution in [2.24, 2.45) is 5.73 Å². The van der Waals surface area contributed by atoms with Crippen LogP contribution in [0.2, 0.25) is 0 Å². The molecule has 2 heteroatoms. The molecule has 0 aliphatic rings. The largest absolute Gasteiger partial charge is 0.323 e. The number of nitrogens with zero attached hydrogens (tertiary/aromatic N) is 1. The Balaban J connectivity index is 2.23. The average Bonchev–Trinajstić information content (AvgIpc) is 2.38. The maximum Gasteiger partial charge on any atom is 0.0377 e. The van der Waals surface area contributed by atoms with Crippen molar-refractivity contribution in [2.45, 2.75) is 25.8 Å². The highest BCUT2D eigenvalue weighted by Gasteiger charge is 2.16. The van der Waals surface area contributed by atoms with Crippen LogP contribution in [0.15, 0.2) is 48.8 Å². The summed E-state index contributed by atoms with van der Waals surface area (Å²) in [5.74, 6) is 0.291. The van der Waals surface area contributed by atoms with Gasteiger partial charge in [-0.3, -0.25) is 4.98 Å². The highest BCUT2D eigenvalue weighted by Crippen LogP contribution is 2.28. The second-order valence-corrected chi connectivity index (χ2v) is 4.52. The van der Waals surface area contributed by atoms with Crippen molar-refractivity contribution in [1.82, 2.24) is 4.98 Å². The summed E-state index contributed by atoms with van der Waals surface area (Å²) in [6, 6.07) is 12.5. The molecule has 1 aromatic heterocycles. The number of hydrogen-bond acceptors (Lipinski definition) is 2. The highest BCUT2D eigenvalue weighted by molar-refractivity contribution is 5.27. The van der Waals surface area contributed by atoms with Gasteiger partial charge in [-0.05, 0) is 23.6 Å². The van der Waals surface area contributed by atoms with Crippen LogP contribution in [0.1, 0.15) is 35.6 Å². The first kappa shape index (κ1) is 11.8. The molecular weight excluding hydrogens is 208 g/mol. The topological polar surface area (TPSA) is 38.9 Å². The minimum atomic E-state index is -0.00944. The number of aryl methyl sites for hydroxylation is 1. The maximum atomic E-state index is 6.30. The van der Waals surface area contributed by atoms with Crippen LogP contribution in [0, 0.1) is 6.92 Å². The molecule has 2 nitrogen and oxygen atoms in total. The highest BCUT2D eigenvalue weighted by atomic mass is 14.7. The minimum absolute atomic E-state index is 0.00944. The molecule has 0 bridgehead atoms. The van der Waals surface area contributed by atoms with Crippen molar-refractivity contribution >= 4 is 0 Å². The van der Waals surface area contributed by atoms with E-state index in [2.05, 4.69) is 30.1 Å². The Bertz CT molecular complexity index is 479. The molecule has 2 rings (SSSR count). The zero-order valence-corrected chi connectivity index (χ0v) is 10.3.